The summed E-state index contributed by atoms with van der Waals surface area (Å²) in [5.74, 6) is 1.21. The fourth-order valence-electron chi connectivity index (χ4n) is 3.51. The first-order chi connectivity index (χ1) is 11.4. The molecule has 1 aromatic carbocycles. The summed E-state index contributed by atoms with van der Waals surface area (Å²) in [5.41, 5.74) is 0.759. The summed E-state index contributed by atoms with van der Waals surface area (Å²) >= 11 is 0. The van der Waals surface area contributed by atoms with Crippen molar-refractivity contribution >= 4 is 10.0 Å². The molecule has 0 amide bonds. The Bertz CT molecular complexity index is 850. The van der Waals surface area contributed by atoms with Crippen LogP contribution >= 0.6 is 0 Å². The molecule has 0 radical (unpaired) electrons. The maximum absolute atomic E-state index is 12.9. The van der Waals surface area contributed by atoms with Crippen molar-refractivity contribution in [2.24, 2.45) is 5.92 Å². The Morgan fingerprint density at radius 1 is 1.21 bits per heavy atom. The standard InChI is InChI=1S/C16H19N3O4S/c1-10-5-3-4-6-15(10)24(20,21)19-8-12-7-13(22-14(12)9-19)16-17-11(2)18-23-16/h3-6,12-14H,7-9H2,1-2H3/t12-,13+,14+/m1/s1. The predicted octanol–water partition coefficient (Wildman–Crippen LogP) is 1.84. The average Bonchev–Trinajstić information content (AvgIpc) is 3.21. The van der Waals surface area contributed by atoms with E-state index in [0.29, 0.717) is 36.1 Å². The van der Waals surface area contributed by atoms with Crippen LogP contribution in [0.25, 0.3) is 0 Å². The lowest BCUT2D eigenvalue weighted by molar-refractivity contribution is 0.0251. The highest BCUT2D eigenvalue weighted by Crippen LogP contribution is 2.41. The van der Waals surface area contributed by atoms with Gasteiger partial charge in [0.05, 0.1) is 11.0 Å². The number of rotatable bonds is 3. The topological polar surface area (TPSA) is 85.5 Å². The number of aryl methyl sites for hydroxylation is 2. The third-order valence-electron chi connectivity index (χ3n) is 4.73. The zero-order valence-electron chi connectivity index (χ0n) is 13.5. The number of hydrogen-bond donors (Lipinski definition) is 0. The molecule has 2 fully saturated rings. The van der Waals surface area contributed by atoms with Gasteiger partial charge in [-0.2, -0.15) is 9.29 Å². The molecule has 0 bridgehead atoms. The minimum atomic E-state index is -3.49. The number of ether oxygens (including phenoxy) is 1. The monoisotopic (exact) mass is 349 g/mol. The lowest BCUT2D eigenvalue weighted by Gasteiger charge is -2.19. The minimum absolute atomic E-state index is 0.124. The zero-order chi connectivity index (χ0) is 16.9. The molecule has 0 spiro atoms. The Balaban J connectivity index is 1.50. The van der Waals surface area contributed by atoms with Crippen LogP contribution in [0, 0.1) is 19.8 Å². The van der Waals surface area contributed by atoms with Crippen molar-refractivity contribution in [2.75, 3.05) is 13.1 Å². The first kappa shape index (κ1) is 15.7. The van der Waals surface area contributed by atoms with Crippen molar-refractivity contribution in [2.45, 2.75) is 37.4 Å². The summed E-state index contributed by atoms with van der Waals surface area (Å²) in [6, 6.07) is 7.06. The van der Waals surface area contributed by atoms with Crippen LogP contribution in [0.4, 0.5) is 0 Å². The van der Waals surface area contributed by atoms with Crippen molar-refractivity contribution in [1.29, 1.82) is 0 Å². The van der Waals surface area contributed by atoms with E-state index in [1.54, 1.807) is 19.1 Å². The Morgan fingerprint density at radius 3 is 2.67 bits per heavy atom. The van der Waals surface area contributed by atoms with Crippen molar-refractivity contribution in [3.63, 3.8) is 0 Å². The SMILES string of the molecule is Cc1noc([C@@H]2C[C@@H]3CN(S(=O)(=O)c4ccccc4C)C[C@@H]3O2)n1. The van der Waals surface area contributed by atoms with E-state index < -0.39 is 10.0 Å². The molecule has 0 N–H and O–H groups in total. The normalized spacial score (nSPS) is 27.5. The van der Waals surface area contributed by atoms with Crippen LogP contribution in [0.3, 0.4) is 0 Å². The molecule has 1 aromatic heterocycles. The minimum Gasteiger partial charge on any atom is -0.363 e. The highest BCUT2D eigenvalue weighted by Gasteiger charge is 2.47. The summed E-state index contributed by atoms with van der Waals surface area (Å²) in [6.07, 6.45) is 0.344. The van der Waals surface area contributed by atoms with E-state index in [0.717, 1.165) is 5.56 Å². The second-order valence-corrected chi connectivity index (χ2v) is 8.33. The molecule has 128 valence electrons. The van der Waals surface area contributed by atoms with Gasteiger partial charge in [-0.3, -0.25) is 0 Å². The molecule has 2 aliphatic heterocycles. The van der Waals surface area contributed by atoms with E-state index in [9.17, 15) is 8.42 Å². The second kappa shape index (κ2) is 5.65. The van der Waals surface area contributed by atoms with E-state index in [1.165, 1.54) is 4.31 Å². The predicted molar refractivity (Wildman–Crippen MR) is 84.7 cm³/mol. The Hall–Kier alpha value is -1.77. The first-order valence-corrected chi connectivity index (χ1v) is 9.40. The van der Waals surface area contributed by atoms with Gasteiger partial charge in [0.25, 0.3) is 5.89 Å². The van der Waals surface area contributed by atoms with Crippen LogP contribution in [-0.4, -0.2) is 42.1 Å². The lowest BCUT2D eigenvalue weighted by atomic mass is 10.0. The number of fused-ring (bicyclic) bond motifs is 1. The van der Waals surface area contributed by atoms with Gasteiger partial charge in [-0.15, -0.1) is 0 Å². The number of sulfonamides is 1. The smallest absolute Gasteiger partial charge is 0.255 e. The summed E-state index contributed by atoms with van der Waals surface area (Å²) in [4.78, 5) is 4.58. The number of benzene rings is 1. The van der Waals surface area contributed by atoms with Crippen molar-refractivity contribution < 1.29 is 17.7 Å². The molecule has 2 aliphatic rings. The quantitative estimate of drug-likeness (QED) is 0.840. The van der Waals surface area contributed by atoms with Crippen LogP contribution < -0.4 is 0 Å². The van der Waals surface area contributed by atoms with Gasteiger partial charge in [-0.05, 0) is 31.9 Å². The van der Waals surface area contributed by atoms with Gasteiger partial charge < -0.3 is 9.26 Å². The van der Waals surface area contributed by atoms with E-state index in [4.69, 9.17) is 9.26 Å². The van der Waals surface area contributed by atoms with Crippen molar-refractivity contribution in [3.8, 4) is 0 Å². The van der Waals surface area contributed by atoms with Crippen molar-refractivity contribution in [3.05, 3.63) is 41.5 Å². The third-order valence-corrected chi connectivity index (χ3v) is 6.73. The highest BCUT2D eigenvalue weighted by molar-refractivity contribution is 7.89. The van der Waals surface area contributed by atoms with E-state index in [2.05, 4.69) is 10.1 Å². The molecule has 0 aliphatic carbocycles. The van der Waals surface area contributed by atoms with Crippen molar-refractivity contribution in [1.82, 2.24) is 14.4 Å². The molecule has 2 saturated heterocycles. The molecule has 0 unspecified atom stereocenters. The molecule has 7 nitrogen and oxygen atoms in total. The summed E-state index contributed by atoms with van der Waals surface area (Å²) < 4.78 is 38.4. The van der Waals surface area contributed by atoms with Crippen LogP contribution in [0.1, 0.15) is 29.8 Å². The molecular weight excluding hydrogens is 330 g/mol. The molecule has 24 heavy (non-hydrogen) atoms. The maximum Gasteiger partial charge on any atom is 0.255 e. The highest BCUT2D eigenvalue weighted by atomic mass is 32.2. The van der Waals surface area contributed by atoms with Crippen LogP contribution in [0.2, 0.25) is 0 Å². The number of aromatic nitrogens is 2. The number of nitrogens with zero attached hydrogens (tertiary/aromatic N) is 3. The van der Waals surface area contributed by atoms with E-state index in [-0.39, 0.29) is 18.1 Å². The van der Waals surface area contributed by atoms with Gasteiger partial charge in [0.2, 0.25) is 10.0 Å². The Labute approximate surface area is 140 Å². The van der Waals surface area contributed by atoms with Gasteiger partial charge in [0.1, 0.15) is 6.10 Å². The molecule has 0 saturated carbocycles. The summed E-state index contributed by atoms with van der Waals surface area (Å²) in [5, 5.41) is 3.79. The molecule has 8 heteroatoms. The Kier molecular flexibility index (Phi) is 3.70. The van der Waals surface area contributed by atoms with Gasteiger partial charge in [0, 0.05) is 19.0 Å². The average molecular weight is 349 g/mol. The van der Waals surface area contributed by atoms with Crippen LogP contribution in [0.5, 0.6) is 0 Å². The lowest BCUT2D eigenvalue weighted by Crippen LogP contribution is -2.31. The van der Waals surface area contributed by atoms with E-state index in [1.807, 2.05) is 19.1 Å². The molecule has 2 aromatic rings. The fourth-order valence-corrected chi connectivity index (χ4v) is 5.24. The Morgan fingerprint density at radius 2 is 2.00 bits per heavy atom. The zero-order valence-corrected chi connectivity index (χ0v) is 14.4. The third kappa shape index (κ3) is 2.54. The summed E-state index contributed by atoms with van der Waals surface area (Å²) in [7, 11) is -3.49. The largest absolute Gasteiger partial charge is 0.363 e. The van der Waals surface area contributed by atoms with E-state index >= 15 is 0 Å². The second-order valence-electron chi connectivity index (χ2n) is 6.43. The van der Waals surface area contributed by atoms with Gasteiger partial charge >= 0.3 is 0 Å². The summed E-state index contributed by atoms with van der Waals surface area (Å²) in [6.45, 7) is 4.41. The van der Waals surface area contributed by atoms with Gasteiger partial charge in [-0.25, -0.2) is 8.42 Å². The van der Waals surface area contributed by atoms with Gasteiger partial charge in [0.15, 0.2) is 5.82 Å². The van der Waals surface area contributed by atoms with Crippen LogP contribution in [0.15, 0.2) is 33.7 Å². The maximum atomic E-state index is 12.9. The van der Waals surface area contributed by atoms with Gasteiger partial charge in [-0.1, -0.05) is 23.4 Å². The first-order valence-electron chi connectivity index (χ1n) is 7.96. The molecule has 3 heterocycles. The molecule has 4 rings (SSSR count). The van der Waals surface area contributed by atoms with Crippen LogP contribution in [-0.2, 0) is 14.8 Å². The molecular formula is C16H19N3O4S. The molecule has 3 atom stereocenters. The number of hydrogen-bond acceptors (Lipinski definition) is 6. The fraction of sp³-hybridized carbons (Fsp3) is 0.500.